The van der Waals surface area contributed by atoms with Crippen LogP contribution < -0.4 is 0 Å². The second-order valence-corrected chi connectivity index (χ2v) is 9.51. The SMILES string of the molecule is CCOC(=O)CCCn1nncc1/C=C1\CN(C(C(=O)C2CC2)c2ccccc2F)CCC1S.Cl. The molecule has 0 bridgehead atoms. The number of aromatic nitrogens is 3. The van der Waals surface area contributed by atoms with Crippen molar-refractivity contribution >= 4 is 42.9 Å². The molecule has 0 N–H and O–H groups in total. The number of carbonyl (C=O) groups is 2. The molecule has 0 amide bonds. The summed E-state index contributed by atoms with van der Waals surface area (Å²) >= 11 is 4.78. The number of aryl methyl sites for hydroxylation is 1. The van der Waals surface area contributed by atoms with E-state index in [0.29, 0.717) is 44.6 Å². The van der Waals surface area contributed by atoms with Crippen molar-refractivity contribution in [3.8, 4) is 0 Å². The highest BCUT2D eigenvalue weighted by Gasteiger charge is 2.40. The first-order chi connectivity index (χ1) is 16.5. The van der Waals surface area contributed by atoms with Gasteiger partial charge in [-0.15, -0.1) is 17.5 Å². The highest BCUT2D eigenvalue weighted by atomic mass is 35.5. The van der Waals surface area contributed by atoms with Gasteiger partial charge < -0.3 is 4.74 Å². The molecule has 4 rings (SSSR count). The average molecular weight is 523 g/mol. The number of ether oxygens (including phenoxy) is 1. The second-order valence-electron chi connectivity index (χ2n) is 8.89. The number of likely N-dealkylation sites (tertiary alicyclic amines) is 1. The molecule has 1 aromatic carbocycles. The minimum absolute atomic E-state index is 0. The Morgan fingerprint density at radius 2 is 2.06 bits per heavy atom. The van der Waals surface area contributed by atoms with E-state index in [4.69, 9.17) is 17.4 Å². The second kappa shape index (κ2) is 12.6. The normalized spacial score (nSPS) is 20.3. The zero-order chi connectivity index (χ0) is 24.1. The van der Waals surface area contributed by atoms with Gasteiger partial charge in [-0.3, -0.25) is 14.5 Å². The van der Waals surface area contributed by atoms with E-state index in [9.17, 15) is 14.0 Å². The third-order valence-electron chi connectivity index (χ3n) is 6.35. The molecule has 35 heavy (non-hydrogen) atoms. The molecule has 0 radical (unpaired) electrons. The lowest BCUT2D eigenvalue weighted by Crippen LogP contribution is -2.42. The molecule has 2 unspecified atom stereocenters. The van der Waals surface area contributed by atoms with Gasteiger partial charge in [0.05, 0.1) is 24.5 Å². The van der Waals surface area contributed by atoms with Crippen LogP contribution in [0.25, 0.3) is 6.08 Å². The molecule has 190 valence electrons. The number of hydrogen-bond acceptors (Lipinski definition) is 7. The van der Waals surface area contributed by atoms with Gasteiger partial charge in [-0.1, -0.05) is 23.4 Å². The summed E-state index contributed by atoms with van der Waals surface area (Å²) in [5.74, 6) is -0.437. The van der Waals surface area contributed by atoms with Gasteiger partial charge in [0.15, 0.2) is 5.78 Å². The van der Waals surface area contributed by atoms with E-state index in [1.807, 2.05) is 6.08 Å². The van der Waals surface area contributed by atoms with Crippen LogP contribution in [0.5, 0.6) is 0 Å². The Kier molecular flexibility index (Phi) is 9.89. The molecule has 1 aliphatic carbocycles. The Hall–Kier alpha value is -2.23. The standard InChI is InChI=1S/C25H31FN4O3S.ClH/c1-2-33-23(31)8-5-12-30-19(15-27-28-30)14-18-16-29(13-11-22(18)34)24(25(32)17-9-10-17)20-6-3-4-7-21(20)26;/h3-4,6-7,14-15,17,22,24,34H,2,5,8-13,16H2,1H3;1H/b18-14+;. The van der Waals surface area contributed by atoms with Crippen LogP contribution in [0.2, 0.25) is 0 Å². The third-order valence-corrected chi connectivity index (χ3v) is 6.94. The summed E-state index contributed by atoms with van der Waals surface area (Å²) in [5.41, 5.74) is 2.30. The van der Waals surface area contributed by atoms with Crippen LogP contribution in [0.1, 0.15) is 56.3 Å². The molecular weight excluding hydrogens is 491 g/mol. The molecule has 1 saturated heterocycles. The summed E-state index contributed by atoms with van der Waals surface area (Å²) in [7, 11) is 0. The number of nitrogens with zero attached hydrogens (tertiary/aromatic N) is 4. The zero-order valence-electron chi connectivity index (χ0n) is 19.8. The quantitative estimate of drug-likeness (QED) is 0.370. The van der Waals surface area contributed by atoms with Gasteiger partial charge in [0.25, 0.3) is 0 Å². The van der Waals surface area contributed by atoms with Crippen LogP contribution in [0.15, 0.2) is 36.0 Å². The number of piperidine rings is 1. The Labute approximate surface area is 216 Å². The molecule has 7 nitrogen and oxygen atoms in total. The third kappa shape index (κ3) is 6.92. The van der Waals surface area contributed by atoms with Crippen LogP contribution in [0.3, 0.4) is 0 Å². The lowest BCUT2D eigenvalue weighted by Gasteiger charge is -2.37. The van der Waals surface area contributed by atoms with Gasteiger partial charge in [-0.2, -0.15) is 12.6 Å². The maximum atomic E-state index is 14.7. The number of rotatable bonds is 10. The molecule has 1 aromatic heterocycles. The number of ketones is 1. The van der Waals surface area contributed by atoms with Crippen molar-refractivity contribution in [3.05, 3.63) is 53.1 Å². The fourth-order valence-electron chi connectivity index (χ4n) is 4.42. The first kappa shape index (κ1) is 27.4. The van der Waals surface area contributed by atoms with E-state index >= 15 is 0 Å². The molecule has 2 aliphatic rings. The van der Waals surface area contributed by atoms with E-state index < -0.39 is 6.04 Å². The molecule has 2 atom stereocenters. The fraction of sp³-hybridized carbons (Fsp3) is 0.520. The van der Waals surface area contributed by atoms with Crippen LogP contribution in [0.4, 0.5) is 4.39 Å². The van der Waals surface area contributed by atoms with E-state index in [-0.39, 0.29) is 41.1 Å². The average Bonchev–Trinajstić information content (AvgIpc) is 3.58. The van der Waals surface area contributed by atoms with Crippen molar-refractivity contribution in [2.75, 3.05) is 19.7 Å². The van der Waals surface area contributed by atoms with Gasteiger partial charge in [-0.25, -0.2) is 9.07 Å². The van der Waals surface area contributed by atoms with Crippen molar-refractivity contribution in [1.82, 2.24) is 19.9 Å². The molecule has 0 spiro atoms. The zero-order valence-corrected chi connectivity index (χ0v) is 21.5. The van der Waals surface area contributed by atoms with E-state index in [1.165, 1.54) is 6.07 Å². The van der Waals surface area contributed by atoms with E-state index in [1.54, 1.807) is 36.0 Å². The van der Waals surface area contributed by atoms with Crippen molar-refractivity contribution < 1.29 is 18.7 Å². The topological polar surface area (TPSA) is 77.3 Å². The number of Topliss-reactive ketones (excluding diaryl/α,β-unsaturated/α-hetero) is 1. The maximum Gasteiger partial charge on any atom is 0.305 e. The number of hydrogen-bond donors (Lipinski definition) is 1. The highest BCUT2D eigenvalue weighted by Crippen LogP contribution is 2.39. The summed E-state index contributed by atoms with van der Waals surface area (Å²) in [6.07, 6.45) is 7.12. The summed E-state index contributed by atoms with van der Waals surface area (Å²) in [4.78, 5) is 26.9. The first-order valence-electron chi connectivity index (χ1n) is 11.9. The smallest absolute Gasteiger partial charge is 0.305 e. The number of benzene rings is 1. The number of thiol groups is 1. The minimum atomic E-state index is -0.592. The Balaban J connectivity index is 0.00000342. The lowest BCUT2D eigenvalue weighted by atomic mass is 9.93. The highest BCUT2D eigenvalue weighted by molar-refractivity contribution is 7.81. The minimum Gasteiger partial charge on any atom is -0.466 e. The molecule has 1 saturated carbocycles. The van der Waals surface area contributed by atoms with Crippen LogP contribution >= 0.6 is 25.0 Å². The van der Waals surface area contributed by atoms with Gasteiger partial charge >= 0.3 is 5.97 Å². The maximum absolute atomic E-state index is 14.7. The van der Waals surface area contributed by atoms with Gasteiger partial charge in [0.2, 0.25) is 0 Å². The number of carbonyl (C=O) groups excluding carboxylic acids is 2. The molecule has 1 aliphatic heterocycles. The summed E-state index contributed by atoms with van der Waals surface area (Å²) in [6, 6.07) is 5.99. The molecule has 2 fully saturated rings. The number of halogens is 2. The molecule has 2 heterocycles. The molecular formula is C25H32ClFN4O3S. The Bertz CT molecular complexity index is 1060. The largest absolute Gasteiger partial charge is 0.466 e. The van der Waals surface area contributed by atoms with Gasteiger partial charge in [0.1, 0.15) is 5.82 Å². The summed E-state index contributed by atoms with van der Waals surface area (Å²) < 4.78 is 21.5. The molecule has 2 aromatic rings. The predicted octanol–water partition coefficient (Wildman–Crippen LogP) is 4.29. The first-order valence-corrected chi connectivity index (χ1v) is 12.4. The fourth-order valence-corrected chi connectivity index (χ4v) is 4.69. The Morgan fingerprint density at radius 3 is 2.77 bits per heavy atom. The Morgan fingerprint density at radius 1 is 1.29 bits per heavy atom. The van der Waals surface area contributed by atoms with Crippen molar-refractivity contribution in [3.63, 3.8) is 0 Å². The van der Waals surface area contributed by atoms with E-state index in [2.05, 4.69) is 15.2 Å². The lowest BCUT2D eigenvalue weighted by molar-refractivity contribution is -0.143. The van der Waals surface area contributed by atoms with Gasteiger partial charge in [0, 0.05) is 42.8 Å². The molecule has 10 heteroatoms. The van der Waals surface area contributed by atoms with E-state index in [0.717, 1.165) is 30.5 Å². The summed E-state index contributed by atoms with van der Waals surface area (Å²) in [6.45, 7) is 3.88. The summed E-state index contributed by atoms with van der Waals surface area (Å²) in [5, 5.41) is 8.20. The monoisotopic (exact) mass is 522 g/mol. The van der Waals surface area contributed by atoms with Crippen LogP contribution in [0, 0.1) is 11.7 Å². The van der Waals surface area contributed by atoms with Crippen molar-refractivity contribution in [2.45, 2.75) is 56.9 Å². The van der Waals surface area contributed by atoms with Crippen LogP contribution in [-0.4, -0.2) is 56.6 Å². The van der Waals surface area contributed by atoms with Crippen LogP contribution in [-0.2, 0) is 20.9 Å². The van der Waals surface area contributed by atoms with Crippen molar-refractivity contribution in [2.24, 2.45) is 5.92 Å². The number of esters is 1. The van der Waals surface area contributed by atoms with Gasteiger partial charge in [-0.05, 0) is 50.3 Å². The predicted molar refractivity (Wildman–Crippen MR) is 137 cm³/mol. The van der Waals surface area contributed by atoms with Crippen molar-refractivity contribution in [1.29, 1.82) is 0 Å².